The third kappa shape index (κ3) is 2.33. The number of amides is 2. The smallest absolute Gasteiger partial charge is 0.321 e. The van der Waals surface area contributed by atoms with Gasteiger partial charge in [-0.25, -0.2) is 4.79 Å². The van der Waals surface area contributed by atoms with Gasteiger partial charge in [-0.05, 0) is 18.1 Å². The molecule has 1 aromatic rings. The number of hydrogen-bond donors (Lipinski definition) is 2. The minimum atomic E-state index is -0.0639. The van der Waals surface area contributed by atoms with E-state index in [0.29, 0.717) is 12.5 Å². The molecule has 1 heterocycles. The first-order chi connectivity index (χ1) is 7.66. The molecule has 0 radical (unpaired) electrons. The predicted octanol–water partition coefficient (Wildman–Crippen LogP) is 1.50. The summed E-state index contributed by atoms with van der Waals surface area (Å²) in [6, 6.07) is 9.49. The van der Waals surface area contributed by atoms with Crippen LogP contribution in [0.5, 0.6) is 0 Å². The standard InChI is InChI=1S/C12H17N3O/c1-9-7-15(8-11(9)13)12(16)14-10-5-3-2-4-6-10/h2-6,9,11H,7-8,13H2,1H3,(H,14,16). The van der Waals surface area contributed by atoms with E-state index in [1.54, 1.807) is 4.90 Å². The molecule has 2 atom stereocenters. The number of para-hydroxylation sites is 1. The molecule has 1 aliphatic heterocycles. The second kappa shape index (κ2) is 4.53. The van der Waals surface area contributed by atoms with Crippen LogP contribution in [0.1, 0.15) is 6.92 Å². The van der Waals surface area contributed by atoms with Crippen molar-refractivity contribution in [2.75, 3.05) is 18.4 Å². The third-order valence-corrected chi connectivity index (χ3v) is 2.98. The van der Waals surface area contributed by atoms with Crippen molar-refractivity contribution >= 4 is 11.7 Å². The van der Waals surface area contributed by atoms with Gasteiger partial charge in [-0.3, -0.25) is 0 Å². The Morgan fingerprint density at radius 1 is 1.38 bits per heavy atom. The first-order valence-corrected chi connectivity index (χ1v) is 5.53. The average Bonchev–Trinajstić information content (AvgIpc) is 2.61. The number of nitrogens with one attached hydrogen (secondary N) is 1. The minimum absolute atomic E-state index is 0.0639. The van der Waals surface area contributed by atoms with Crippen LogP contribution in [-0.2, 0) is 0 Å². The first kappa shape index (κ1) is 11.0. The van der Waals surface area contributed by atoms with E-state index in [1.807, 2.05) is 30.3 Å². The fourth-order valence-corrected chi connectivity index (χ4v) is 1.88. The number of carbonyl (C=O) groups is 1. The first-order valence-electron chi connectivity index (χ1n) is 5.53. The minimum Gasteiger partial charge on any atom is -0.326 e. The molecule has 0 aliphatic carbocycles. The maximum absolute atomic E-state index is 11.9. The molecule has 1 fully saturated rings. The Hall–Kier alpha value is -1.55. The lowest BCUT2D eigenvalue weighted by Gasteiger charge is -2.16. The fourth-order valence-electron chi connectivity index (χ4n) is 1.88. The summed E-state index contributed by atoms with van der Waals surface area (Å²) in [7, 11) is 0. The summed E-state index contributed by atoms with van der Waals surface area (Å²) < 4.78 is 0. The van der Waals surface area contributed by atoms with Crippen LogP contribution in [0.3, 0.4) is 0 Å². The second-order valence-electron chi connectivity index (χ2n) is 4.34. The van der Waals surface area contributed by atoms with Gasteiger partial charge in [0.2, 0.25) is 0 Å². The molecule has 3 N–H and O–H groups in total. The number of urea groups is 1. The zero-order valence-corrected chi connectivity index (χ0v) is 9.39. The number of benzene rings is 1. The Bertz CT molecular complexity index is 356. The molecule has 86 valence electrons. The zero-order valence-electron chi connectivity index (χ0n) is 9.39. The van der Waals surface area contributed by atoms with Crippen molar-refractivity contribution in [1.82, 2.24) is 4.90 Å². The molecular weight excluding hydrogens is 202 g/mol. The Morgan fingerprint density at radius 3 is 2.62 bits per heavy atom. The number of nitrogens with zero attached hydrogens (tertiary/aromatic N) is 1. The summed E-state index contributed by atoms with van der Waals surface area (Å²) >= 11 is 0. The number of hydrogen-bond acceptors (Lipinski definition) is 2. The monoisotopic (exact) mass is 219 g/mol. The van der Waals surface area contributed by atoms with Crippen LogP contribution in [-0.4, -0.2) is 30.1 Å². The molecule has 2 amide bonds. The summed E-state index contributed by atoms with van der Waals surface area (Å²) in [5.74, 6) is 0.376. The van der Waals surface area contributed by atoms with E-state index < -0.39 is 0 Å². The summed E-state index contributed by atoms with van der Waals surface area (Å²) in [6.45, 7) is 3.44. The zero-order chi connectivity index (χ0) is 11.5. The Balaban J connectivity index is 1.95. The molecule has 0 aromatic heterocycles. The highest BCUT2D eigenvalue weighted by Crippen LogP contribution is 2.16. The van der Waals surface area contributed by atoms with Gasteiger partial charge in [0.1, 0.15) is 0 Å². The van der Waals surface area contributed by atoms with E-state index in [-0.39, 0.29) is 12.1 Å². The molecule has 2 unspecified atom stereocenters. The van der Waals surface area contributed by atoms with Gasteiger partial charge in [-0.1, -0.05) is 25.1 Å². The molecular formula is C12H17N3O. The number of anilines is 1. The highest BCUT2D eigenvalue weighted by molar-refractivity contribution is 5.89. The molecule has 1 aromatic carbocycles. The van der Waals surface area contributed by atoms with Crippen LogP contribution in [0.25, 0.3) is 0 Å². The molecule has 0 spiro atoms. The Kier molecular flexibility index (Phi) is 3.10. The number of rotatable bonds is 1. The molecule has 1 aliphatic rings. The normalized spacial score (nSPS) is 24.5. The third-order valence-electron chi connectivity index (χ3n) is 2.98. The summed E-state index contributed by atoms with van der Waals surface area (Å²) in [6.07, 6.45) is 0. The van der Waals surface area contributed by atoms with E-state index in [2.05, 4.69) is 12.2 Å². The van der Waals surface area contributed by atoms with E-state index in [1.165, 1.54) is 0 Å². The molecule has 2 rings (SSSR count). The van der Waals surface area contributed by atoms with E-state index in [0.717, 1.165) is 12.2 Å². The van der Waals surface area contributed by atoms with Gasteiger partial charge >= 0.3 is 6.03 Å². The summed E-state index contributed by atoms with van der Waals surface area (Å²) in [4.78, 5) is 13.6. The van der Waals surface area contributed by atoms with Gasteiger partial charge in [-0.2, -0.15) is 0 Å². The lowest BCUT2D eigenvalue weighted by molar-refractivity contribution is 0.221. The van der Waals surface area contributed by atoms with Gasteiger partial charge in [0.05, 0.1) is 0 Å². The SMILES string of the molecule is CC1CN(C(=O)Nc2ccccc2)CC1N. The average molecular weight is 219 g/mol. The molecule has 0 saturated carbocycles. The van der Waals surface area contributed by atoms with Crippen molar-refractivity contribution in [3.8, 4) is 0 Å². The summed E-state index contributed by atoms with van der Waals surface area (Å²) in [5, 5.41) is 2.86. The Labute approximate surface area is 95.4 Å². The van der Waals surface area contributed by atoms with Crippen molar-refractivity contribution in [2.24, 2.45) is 11.7 Å². The van der Waals surface area contributed by atoms with Crippen molar-refractivity contribution < 1.29 is 4.79 Å². The predicted molar refractivity (Wildman–Crippen MR) is 64.2 cm³/mol. The largest absolute Gasteiger partial charge is 0.326 e. The van der Waals surface area contributed by atoms with Gasteiger partial charge in [0.15, 0.2) is 0 Å². The topological polar surface area (TPSA) is 58.4 Å². The molecule has 4 heteroatoms. The Morgan fingerprint density at radius 2 is 2.06 bits per heavy atom. The number of carbonyl (C=O) groups excluding carboxylic acids is 1. The van der Waals surface area contributed by atoms with E-state index in [9.17, 15) is 4.79 Å². The van der Waals surface area contributed by atoms with Gasteiger partial charge in [-0.15, -0.1) is 0 Å². The van der Waals surface area contributed by atoms with E-state index >= 15 is 0 Å². The number of nitrogens with two attached hydrogens (primary N) is 1. The van der Waals surface area contributed by atoms with E-state index in [4.69, 9.17) is 5.73 Å². The maximum atomic E-state index is 11.9. The molecule has 4 nitrogen and oxygen atoms in total. The van der Waals surface area contributed by atoms with Crippen LogP contribution in [0, 0.1) is 5.92 Å². The highest BCUT2D eigenvalue weighted by Gasteiger charge is 2.29. The van der Waals surface area contributed by atoms with Crippen molar-refractivity contribution in [1.29, 1.82) is 0 Å². The molecule has 0 bridgehead atoms. The maximum Gasteiger partial charge on any atom is 0.321 e. The lowest BCUT2D eigenvalue weighted by atomic mass is 10.1. The van der Waals surface area contributed by atoms with Gasteiger partial charge in [0, 0.05) is 24.8 Å². The van der Waals surface area contributed by atoms with Crippen LogP contribution < -0.4 is 11.1 Å². The highest BCUT2D eigenvalue weighted by atomic mass is 16.2. The summed E-state index contributed by atoms with van der Waals surface area (Å²) in [5.41, 5.74) is 6.70. The van der Waals surface area contributed by atoms with Crippen molar-refractivity contribution in [2.45, 2.75) is 13.0 Å². The second-order valence-corrected chi connectivity index (χ2v) is 4.34. The van der Waals surface area contributed by atoms with Crippen LogP contribution >= 0.6 is 0 Å². The van der Waals surface area contributed by atoms with Crippen LogP contribution in [0.15, 0.2) is 30.3 Å². The van der Waals surface area contributed by atoms with Crippen LogP contribution in [0.2, 0.25) is 0 Å². The van der Waals surface area contributed by atoms with Crippen molar-refractivity contribution in [3.63, 3.8) is 0 Å². The van der Waals surface area contributed by atoms with Crippen molar-refractivity contribution in [3.05, 3.63) is 30.3 Å². The van der Waals surface area contributed by atoms with Gasteiger partial charge in [0.25, 0.3) is 0 Å². The quantitative estimate of drug-likeness (QED) is 0.752. The molecule has 16 heavy (non-hydrogen) atoms. The lowest BCUT2D eigenvalue weighted by Crippen LogP contribution is -2.35. The van der Waals surface area contributed by atoms with Crippen LogP contribution in [0.4, 0.5) is 10.5 Å². The van der Waals surface area contributed by atoms with Gasteiger partial charge < -0.3 is 16.0 Å². The fraction of sp³-hybridized carbons (Fsp3) is 0.417. The molecule has 1 saturated heterocycles. The number of likely N-dealkylation sites (tertiary alicyclic amines) is 1.